The second kappa shape index (κ2) is 5.57. The molecular formula is C16H26N4O2. The van der Waals surface area contributed by atoms with Crippen LogP contribution in [0.3, 0.4) is 0 Å². The minimum atomic E-state index is -0.418. The maximum atomic E-state index is 12.0. The Hall–Kier alpha value is -1.56. The first-order valence-electron chi connectivity index (χ1n) is 8.10. The third-order valence-corrected chi connectivity index (χ3v) is 4.48. The summed E-state index contributed by atoms with van der Waals surface area (Å²) in [5.74, 6) is 2.21. The van der Waals surface area contributed by atoms with Crippen molar-refractivity contribution in [2.75, 3.05) is 13.1 Å². The van der Waals surface area contributed by atoms with E-state index in [0.717, 1.165) is 32.0 Å². The zero-order valence-corrected chi connectivity index (χ0v) is 13.9. The van der Waals surface area contributed by atoms with Crippen LogP contribution in [0.2, 0.25) is 0 Å². The van der Waals surface area contributed by atoms with Gasteiger partial charge in [-0.15, -0.1) is 0 Å². The van der Waals surface area contributed by atoms with Gasteiger partial charge in [0.05, 0.1) is 6.54 Å². The third kappa shape index (κ3) is 3.11. The van der Waals surface area contributed by atoms with Crippen molar-refractivity contribution in [3.05, 3.63) is 18.2 Å². The van der Waals surface area contributed by atoms with Crippen molar-refractivity contribution in [3.8, 4) is 0 Å². The van der Waals surface area contributed by atoms with E-state index in [1.807, 2.05) is 38.1 Å². The van der Waals surface area contributed by atoms with Crippen LogP contribution in [0.4, 0.5) is 4.79 Å². The highest BCUT2D eigenvalue weighted by Gasteiger charge is 2.56. The predicted octanol–water partition coefficient (Wildman–Crippen LogP) is 1.86. The molecule has 1 aromatic heterocycles. The highest BCUT2D eigenvalue weighted by Crippen LogP contribution is 2.45. The lowest BCUT2D eigenvalue weighted by atomic mass is 10.2. The molecule has 1 N–H and O–H groups in total. The number of nitrogens with zero attached hydrogens (tertiary/aromatic N) is 3. The van der Waals surface area contributed by atoms with Gasteiger partial charge >= 0.3 is 6.09 Å². The molecule has 6 nitrogen and oxygen atoms in total. The van der Waals surface area contributed by atoms with E-state index in [2.05, 4.69) is 21.8 Å². The van der Waals surface area contributed by atoms with Gasteiger partial charge in [0.2, 0.25) is 0 Å². The number of hydrogen-bond acceptors (Lipinski definition) is 4. The Kier molecular flexibility index (Phi) is 3.89. The zero-order valence-electron chi connectivity index (χ0n) is 13.9. The number of rotatable bonds is 4. The number of fused-ring (bicyclic) bond motifs is 1. The number of piperidine rings is 1. The van der Waals surface area contributed by atoms with Crippen molar-refractivity contribution in [2.24, 2.45) is 11.8 Å². The molecule has 1 aromatic rings. The molecule has 2 fully saturated rings. The normalized spacial score (nSPS) is 26.9. The van der Waals surface area contributed by atoms with Crippen LogP contribution in [-0.4, -0.2) is 45.3 Å². The van der Waals surface area contributed by atoms with Gasteiger partial charge in [-0.3, -0.25) is 0 Å². The molecule has 1 saturated heterocycles. The maximum absolute atomic E-state index is 12.0. The minimum absolute atomic E-state index is 0.181. The molecule has 1 aliphatic heterocycles. The van der Waals surface area contributed by atoms with Crippen LogP contribution in [-0.2, 0) is 17.8 Å². The third-order valence-electron chi connectivity index (χ3n) is 4.48. The largest absolute Gasteiger partial charge is 0.444 e. The summed E-state index contributed by atoms with van der Waals surface area (Å²) in [4.78, 5) is 18.3. The Morgan fingerprint density at radius 3 is 2.68 bits per heavy atom. The van der Waals surface area contributed by atoms with Gasteiger partial charge in [-0.05, 0) is 39.5 Å². The molecule has 0 radical (unpaired) electrons. The first kappa shape index (κ1) is 15.3. The van der Waals surface area contributed by atoms with Gasteiger partial charge in [-0.1, -0.05) is 0 Å². The van der Waals surface area contributed by atoms with E-state index in [1.54, 1.807) is 0 Å². The number of hydrogen-bond donors (Lipinski definition) is 1. The maximum Gasteiger partial charge on any atom is 0.410 e. The van der Waals surface area contributed by atoms with Crippen molar-refractivity contribution in [1.29, 1.82) is 0 Å². The Morgan fingerprint density at radius 1 is 1.41 bits per heavy atom. The lowest BCUT2D eigenvalue weighted by molar-refractivity contribution is 0.0269. The average Bonchev–Trinajstić information content (AvgIpc) is 2.85. The number of likely N-dealkylation sites (tertiary alicyclic amines) is 1. The van der Waals surface area contributed by atoms with Crippen LogP contribution < -0.4 is 5.32 Å². The molecule has 0 spiro atoms. The summed E-state index contributed by atoms with van der Waals surface area (Å²) in [5, 5.41) is 3.58. The van der Waals surface area contributed by atoms with Crippen molar-refractivity contribution in [3.63, 3.8) is 0 Å². The lowest BCUT2D eigenvalue weighted by Gasteiger charge is -2.26. The number of aromatic nitrogens is 2. The van der Waals surface area contributed by atoms with E-state index in [0.29, 0.717) is 17.9 Å². The minimum Gasteiger partial charge on any atom is -0.444 e. The smallest absolute Gasteiger partial charge is 0.410 e. The molecule has 0 bridgehead atoms. The number of carbonyl (C=O) groups is 1. The van der Waals surface area contributed by atoms with Gasteiger partial charge in [0.1, 0.15) is 11.4 Å². The molecule has 6 heteroatoms. The summed E-state index contributed by atoms with van der Waals surface area (Å²) in [6.07, 6.45) is 3.67. The Bertz CT molecular complexity index is 537. The second-order valence-electron chi connectivity index (χ2n) is 7.25. The van der Waals surface area contributed by atoms with Crippen LogP contribution in [0.25, 0.3) is 0 Å². The topological polar surface area (TPSA) is 59.4 Å². The summed E-state index contributed by atoms with van der Waals surface area (Å²) in [6.45, 7) is 11.2. The quantitative estimate of drug-likeness (QED) is 0.922. The fraction of sp³-hybridized carbons (Fsp3) is 0.750. The number of nitrogens with one attached hydrogen (secondary N) is 1. The van der Waals surface area contributed by atoms with E-state index >= 15 is 0 Å². The standard InChI is InChI=1S/C16H26N4O2/c1-5-19-7-6-17-13(19)8-18-14-11-9-20(10-12(11)14)15(21)22-16(2,3)4/h6-7,11-12,14,18H,5,8-10H2,1-4H3. The van der Waals surface area contributed by atoms with Crippen LogP contribution >= 0.6 is 0 Å². The van der Waals surface area contributed by atoms with Crippen LogP contribution in [0, 0.1) is 11.8 Å². The molecule has 122 valence electrons. The van der Waals surface area contributed by atoms with Gasteiger partial charge in [0.25, 0.3) is 0 Å². The molecule has 22 heavy (non-hydrogen) atoms. The second-order valence-corrected chi connectivity index (χ2v) is 7.25. The first-order chi connectivity index (χ1) is 10.4. The lowest BCUT2D eigenvalue weighted by Crippen LogP contribution is -2.39. The van der Waals surface area contributed by atoms with Gasteiger partial charge in [-0.2, -0.15) is 0 Å². The molecule has 3 rings (SSSR count). The van der Waals surface area contributed by atoms with Gasteiger partial charge < -0.3 is 19.5 Å². The number of aryl methyl sites for hydroxylation is 1. The van der Waals surface area contributed by atoms with Crippen molar-refractivity contribution < 1.29 is 9.53 Å². The van der Waals surface area contributed by atoms with E-state index in [-0.39, 0.29) is 6.09 Å². The summed E-state index contributed by atoms with van der Waals surface area (Å²) >= 11 is 0. The molecule has 0 aromatic carbocycles. The molecule has 1 amide bonds. The Balaban J connectivity index is 1.44. The number of carbonyl (C=O) groups excluding carboxylic acids is 1. The summed E-state index contributed by atoms with van der Waals surface area (Å²) in [5.41, 5.74) is -0.418. The first-order valence-corrected chi connectivity index (χ1v) is 8.10. The number of amides is 1. The van der Waals surface area contributed by atoms with Gasteiger partial charge in [0.15, 0.2) is 0 Å². The average molecular weight is 306 g/mol. The Morgan fingerprint density at radius 2 is 2.09 bits per heavy atom. The zero-order chi connectivity index (χ0) is 15.9. The fourth-order valence-corrected chi connectivity index (χ4v) is 3.31. The SMILES string of the molecule is CCn1ccnc1CNC1C2CN(C(=O)OC(C)(C)C)CC21. The van der Waals surface area contributed by atoms with Gasteiger partial charge in [-0.25, -0.2) is 9.78 Å². The molecule has 2 unspecified atom stereocenters. The summed E-state index contributed by atoms with van der Waals surface area (Å²) in [6, 6.07) is 0.515. The number of imidazole rings is 1. The van der Waals surface area contributed by atoms with E-state index in [1.165, 1.54) is 0 Å². The van der Waals surface area contributed by atoms with E-state index < -0.39 is 5.60 Å². The highest BCUT2D eigenvalue weighted by atomic mass is 16.6. The number of ether oxygens (including phenoxy) is 1. The van der Waals surface area contributed by atoms with Crippen LogP contribution in [0.5, 0.6) is 0 Å². The fourth-order valence-electron chi connectivity index (χ4n) is 3.31. The van der Waals surface area contributed by atoms with E-state index in [9.17, 15) is 4.79 Å². The predicted molar refractivity (Wildman–Crippen MR) is 83.3 cm³/mol. The highest BCUT2D eigenvalue weighted by molar-refractivity contribution is 5.69. The monoisotopic (exact) mass is 306 g/mol. The van der Waals surface area contributed by atoms with Gasteiger partial charge in [0, 0.05) is 38.1 Å². The molecule has 2 heterocycles. The molecular weight excluding hydrogens is 280 g/mol. The van der Waals surface area contributed by atoms with Crippen LogP contribution in [0.1, 0.15) is 33.5 Å². The summed E-state index contributed by atoms with van der Waals surface area (Å²) in [7, 11) is 0. The summed E-state index contributed by atoms with van der Waals surface area (Å²) < 4.78 is 7.58. The van der Waals surface area contributed by atoms with Crippen LogP contribution in [0.15, 0.2) is 12.4 Å². The Labute approximate surface area is 131 Å². The molecule has 1 aliphatic carbocycles. The van der Waals surface area contributed by atoms with Crippen molar-refractivity contribution in [1.82, 2.24) is 19.8 Å². The molecule has 1 saturated carbocycles. The molecule has 2 aliphatic rings. The van der Waals surface area contributed by atoms with E-state index in [4.69, 9.17) is 4.74 Å². The van der Waals surface area contributed by atoms with Crippen molar-refractivity contribution >= 4 is 6.09 Å². The molecule has 2 atom stereocenters. The van der Waals surface area contributed by atoms with Crippen molar-refractivity contribution in [2.45, 2.75) is 52.4 Å².